The molecule has 20 heavy (non-hydrogen) atoms. The molecule has 1 N–H and O–H groups in total. The van der Waals surface area contributed by atoms with E-state index in [9.17, 15) is 8.42 Å². The van der Waals surface area contributed by atoms with Gasteiger partial charge in [-0.1, -0.05) is 30.3 Å². The van der Waals surface area contributed by atoms with Crippen LogP contribution in [0.25, 0.3) is 0 Å². The minimum absolute atomic E-state index is 0.313. The molecule has 1 fully saturated rings. The average molecular weight is 297 g/mol. The molecule has 1 aromatic carbocycles. The Kier molecular flexibility index (Phi) is 5.18. The maximum absolute atomic E-state index is 12.1. The molecule has 0 spiro atoms. The number of nitrogens with zero attached hydrogens (tertiary/aromatic N) is 1. The zero-order chi connectivity index (χ0) is 14.6. The topological polar surface area (TPSA) is 57.6 Å². The van der Waals surface area contributed by atoms with Crippen LogP contribution in [0.2, 0.25) is 0 Å². The molecule has 1 aromatic rings. The standard InChI is InChI=1S/C15H23NO3S/c1-13(12-17)20(18,19)16-9-7-15(8-10-16)11-14-5-3-2-4-6-14/h2-6,13,15,17H,7-12H2,1H3. The first-order chi connectivity index (χ1) is 9.54. The summed E-state index contributed by atoms with van der Waals surface area (Å²) in [6.07, 6.45) is 2.81. The Bertz CT molecular complexity index is 507. The van der Waals surface area contributed by atoms with E-state index in [2.05, 4.69) is 12.1 Å². The minimum atomic E-state index is -3.33. The second-order valence-electron chi connectivity index (χ2n) is 5.57. The van der Waals surface area contributed by atoms with Gasteiger partial charge in [-0.05, 0) is 37.7 Å². The molecule has 1 aliphatic rings. The maximum Gasteiger partial charge on any atom is 0.218 e. The van der Waals surface area contributed by atoms with Gasteiger partial charge in [0.1, 0.15) is 0 Å². The molecule has 1 atom stereocenters. The lowest BCUT2D eigenvalue weighted by molar-refractivity contribution is 0.258. The number of hydrogen-bond acceptors (Lipinski definition) is 3. The summed E-state index contributed by atoms with van der Waals surface area (Å²) in [6.45, 7) is 2.39. The van der Waals surface area contributed by atoms with Crippen LogP contribution in [0.5, 0.6) is 0 Å². The molecule has 0 aliphatic carbocycles. The van der Waals surface area contributed by atoms with Crippen LogP contribution in [0.3, 0.4) is 0 Å². The lowest BCUT2D eigenvalue weighted by Gasteiger charge is -2.32. The number of hydrogen-bond donors (Lipinski definition) is 1. The van der Waals surface area contributed by atoms with Crippen LogP contribution in [-0.4, -0.2) is 42.8 Å². The fourth-order valence-electron chi connectivity index (χ4n) is 2.66. The van der Waals surface area contributed by atoms with Crippen LogP contribution < -0.4 is 0 Å². The highest BCUT2D eigenvalue weighted by atomic mass is 32.2. The van der Waals surface area contributed by atoms with Crippen molar-refractivity contribution in [2.24, 2.45) is 5.92 Å². The van der Waals surface area contributed by atoms with Crippen LogP contribution >= 0.6 is 0 Å². The third kappa shape index (κ3) is 3.59. The molecule has 1 unspecified atom stereocenters. The van der Waals surface area contributed by atoms with E-state index in [1.54, 1.807) is 6.92 Å². The molecule has 112 valence electrons. The van der Waals surface area contributed by atoms with Gasteiger partial charge in [0.25, 0.3) is 0 Å². The normalized spacial score (nSPS) is 19.9. The van der Waals surface area contributed by atoms with Gasteiger partial charge in [-0.25, -0.2) is 12.7 Å². The summed E-state index contributed by atoms with van der Waals surface area (Å²) in [5, 5.41) is 8.34. The van der Waals surface area contributed by atoms with Crippen molar-refractivity contribution >= 4 is 10.0 Å². The van der Waals surface area contributed by atoms with E-state index in [0.717, 1.165) is 19.3 Å². The van der Waals surface area contributed by atoms with Gasteiger partial charge in [-0.15, -0.1) is 0 Å². The Morgan fingerprint density at radius 1 is 1.25 bits per heavy atom. The lowest BCUT2D eigenvalue weighted by atomic mass is 9.91. The fourth-order valence-corrected chi connectivity index (χ4v) is 4.08. The van der Waals surface area contributed by atoms with Crippen LogP contribution in [0.15, 0.2) is 30.3 Å². The molecule has 4 nitrogen and oxygen atoms in total. The summed E-state index contributed by atoms with van der Waals surface area (Å²) in [7, 11) is -3.33. The van der Waals surface area contributed by atoms with Gasteiger partial charge in [-0.3, -0.25) is 0 Å². The average Bonchev–Trinajstić information content (AvgIpc) is 2.48. The second-order valence-corrected chi connectivity index (χ2v) is 7.92. The van der Waals surface area contributed by atoms with E-state index in [0.29, 0.717) is 19.0 Å². The Morgan fingerprint density at radius 2 is 1.85 bits per heavy atom. The molecule has 5 heteroatoms. The van der Waals surface area contributed by atoms with E-state index in [1.807, 2.05) is 18.2 Å². The Balaban J connectivity index is 1.90. The molecule has 0 radical (unpaired) electrons. The van der Waals surface area contributed by atoms with Gasteiger partial charge < -0.3 is 5.11 Å². The summed E-state index contributed by atoms with van der Waals surface area (Å²) < 4.78 is 25.8. The van der Waals surface area contributed by atoms with Crippen LogP contribution in [0, 0.1) is 5.92 Å². The van der Waals surface area contributed by atoms with Gasteiger partial charge >= 0.3 is 0 Å². The fraction of sp³-hybridized carbons (Fsp3) is 0.600. The summed E-state index contributed by atoms with van der Waals surface area (Å²) >= 11 is 0. The Hall–Kier alpha value is -0.910. The second kappa shape index (κ2) is 6.70. The highest BCUT2D eigenvalue weighted by Crippen LogP contribution is 2.24. The van der Waals surface area contributed by atoms with Crippen molar-refractivity contribution < 1.29 is 13.5 Å². The summed E-state index contributed by atoms with van der Waals surface area (Å²) in [4.78, 5) is 0. The Labute approximate surface area is 121 Å². The van der Waals surface area contributed by atoms with Crippen molar-refractivity contribution in [1.82, 2.24) is 4.31 Å². The molecule has 0 aromatic heterocycles. The van der Waals surface area contributed by atoms with Crippen molar-refractivity contribution in [3.8, 4) is 0 Å². The van der Waals surface area contributed by atoms with Crippen molar-refractivity contribution in [2.75, 3.05) is 19.7 Å². The molecular weight excluding hydrogens is 274 g/mol. The molecule has 2 rings (SSSR count). The van der Waals surface area contributed by atoms with Crippen molar-refractivity contribution in [2.45, 2.75) is 31.4 Å². The molecule has 1 saturated heterocycles. The number of benzene rings is 1. The first-order valence-electron chi connectivity index (χ1n) is 7.17. The number of piperidine rings is 1. The monoisotopic (exact) mass is 297 g/mol. The summed E-state index contributed by atoms with van der Waals surface area (Å²) in [6, 6.07) is 10.3. The van der Waals surface area contributed by atoms with Gasteiger partial charge in [0, 0.05) is 13.1 Å². The van der Waals surface area contributed by atoms with E-state index >= 15 is 0 Å². The van der Waals surface area contributed by atoms with E-state index < -0.39 is 15.3 Å². The van der Waals surface area contributed by atoms with Crippen molar-refractivity contribution in [3.63, 3.8) is 0 Å². The molecule has 0 bridgehead atoms. The SMILES string of the molecule is CC(CO)S(=O)(=O)N1CCC(Cc2ccccc2)CC1. The van der Waals surface area contributed by atoms with Crippen molar-refractivity contribution in [1.29, 1.82) is 0 Å². The van der Waals surface area contributed by atoms with Gasteiger partial charge in [0.05, 0.1) is 11.9 Å². The van der Waals surface area contributed by atoms with Gasteiger partial charge in [0.2, 0.25) is 10.0 Å². The summed E-state index contributed by atoms with van der Waals surface area (Å²) in [5.41, 5.74) is 1.32. The zero-order valence-electron chi connectivity index (χ0n) is 11.9. The zero-order valence-corrected chi connectivity index (χ0v) is 12.7. The lowest BCUT2D eigenvalue weighted by Crippen LogP contribution is -2.43. The van der Waals surface area contributed by atoms with Gasteiger partial charge in [0.15, 0.2) is 0 Å². The molecule has 1 heterocycles. The summed E-state index contributed by atoms with van der Waals surface area (Å²) in [5.74, 6) is 0.549. The minimum Gasteiger partial charge on any atom is -0.395 e. The first-order valence-corrected chi connectivity index (χ1v) is 8.68. The van der Waals surface area contributed by atoms with Crippen LogP contribution in [0.4, 0.5) is 0 Å². The largest absolute Gasteiger partial charge is 0.395 e. The van der Waals surface area contributed by atoms with Crippen LogP contribution in [-0.2, 0) is 16.4 Å². The first kappa shape index (κ1) is 15.5. The molecule has 1 aliphatic heterocycles. The quantitative estimate of drug-likeness (QED) is 0.899. The van der Waals surface area contributed by atoms with Crippen LogP contribution in [0.1, 0.15) is 25.3 Å². The third-order valence-corrected chi connectivity index (χ3v) is 6.32. The predicted molar refractivity (Wildman–Crippen MR) is 79.9 cm³/mol. The maximum atomic E-state index is 12.1. The third-order valence-electron chi connectivity index (χ3n) is 4.07. The molecular formula is C15H23NO3S. The molecule has 0 saturated carbocycles. The highest BCUT2D eigenvalue weighted by Gasteiger charge is 2.31. The number of rotatable bonds is 5. The molecule has 0 amide bonds. The van der Waals surface area contributed by atoms with E-state index in [4.69, 9.17) is 5.11 Å². The van der Waals surface area contributed by atoms with E-state index in [-0.39, 0.29) is 6.61 Å². The predicted octanol–water partition coefficient (Wildman–Crippen LogP) is 1.65. The number of sulfonamides is 1. The van der Waals surface area contributed by atoms with Crippen molar-refractivity contribution in [3.05, 3.63) is 35.9 Å². The number of aliphatic hydroxyl groups is 1. The highest BCUT2D eigenvalue weighted by molar-refractivity contribution is 7.89. The van der Waals surface area contributed by atoms with E-state index in [1.165, 1.54) is 9.87 Å². The van der Waals surface area contributed by atoms with Gasteiger partial charge in [-0.2, -0.15) is 0 Å². The Morgan fingerprint density at radius 3 is 2.40 bits per heavy atom. The smallest absolute Gasteiger partial charge is 0.218 e. The number of aliphatic hydroxyl groups excluding tert-OH is 1.